The number of hydrogen-bond acceptors (Lipinski definition) is 1. The molecular formula is C14H16ClN. The smallest absolute Gasteiger partial charge is 0.0316 e. The molecule has 0 saturated carbocycles. The van der Waals surface area contributed by atoms with E-state index >= 15 is 0 Å². The van der Waals surface area contributed by atoms with Gasteiger partial charge in [-0.3, -0.25) is 0 Å². The fourth-order valence-electron chi connectivity index (χ4n) is 1.68. The molecule has 0 spiro atoms. The van der Waals surface area contributed by atoms with E-state index in [9.17, 15) is 0 Å². The number of aryl methyl sites for hydroxylation is 2. The van der Waals surface area contributed by atoms with E-state index in [1.165, 1.54) is 11.1 Å². The van der Waals surface area contributed by atoms with Crippen LogP contribution in [0.2, 0.25) is 0 Å². The molecule has 0 bridgehead atoms. The molecule has 2 heteroatoms. The van der Waals surface area contributed by atoms with Crippen molar-refractivity contribution in [2.24, 2.45) is 0 Å². The summed E-state index contributed by atoms with van der Waals surface area (Å²) in [6, 6.07) is 18.6. The zero-order chi connectivity index (χ0) is 10.5. The van der Waals surface area contributed by atoms with E-state index < -0.39 is 0 Å². The van der Waals surface area contributed by atoms with Crippen molar-refractivity contribution < 1.29 is 0 Å². The van der Waals surface area contributed by atoms with Gasteiger partial charge in [0, 0.05) is 5.69 Å². The molecule has 0 atom stereocenters. The van der Waals surface area contributed by atoms with Crippen molar-refractivity contribution in [3.05, 3.63) is 65.7 Å². The lowest BCUT2D eigenvalue weighted by molar-refractivity contribution is 0.961. The first kappa shape index (κ1) is 12.6. The van der Waals surface area contributed by atoms with Gasteiger partial charge in [0.1, 0.15) is 0 Å². The molecule has 0 unspecified atom stereocenters. The van der Waals surface area contributed by atoms with Gasteiger partial charge in [-0.1, -0.05) is 42.5 Å². The second-order valence-corrected chi connectivity index (χ2v) is 3.73. The number of rotatable bonds is 3. The minimum absolute atomic E-state index is 0. The van der Waals surface area contributed by atoms with Crippen molar-refractivity contribution in [3.63, 3.8) is 0 Å². The van der Waals surface area contributed by atoms with Crippen molar-refractivity contribution in [1.29, 1.82) is 0 Å². The average molecular weight is 234 g/mol. The molecule has 2 aromatic rings. The van der Waals surface area contributed by atoms with Crippen LogP contribution in [-0.2, 0) is 12.8 Å². The molecule has 2 rings (SSSR count). The number of hydrogen-bond donors (Lipinski definition) is 1. The van der Waals surface area contributed by atoms with E-state index in [0.29, 0.717) is 0 Å². The molecule has 2 N–H and O–H groups in total. The van der Waals surface area contributed by atoms with Crippen LogP contribution in [0.15, 0.2) is 54.6 Å². The van der Waals surface area contributed by atoms with E-state index in [1.54, 1.807) is 0 Å². The van der Waals surface area contributed by atoms with Crippen LogP contribution >= 0.6 is 12.4 Å². The number of nitrogen functional groups attached to an aromatic ring is 1. The Morgan fingerprint density at radius 2 is 1.38 bits per heavy atom. The summed E-state index contributed by atoms with van der Waals surface area (Å²) in [5.41, 5.74) is 9.25. The molecule has 0 heterocycles. The highest BCUT2D eigenvalue weighted by atomic mass is 35.5. The minimum atomic E-state index is 0. The fraction of sp³-hybridized carbons (Fsp3) is 0.143. The van der Waals surface area contributed by atoms with Gasteiger partial charge < -0.3 is 5.73 Å². The summed E-state index contributed by atoms with van der Waals surface area (Å²) in [6.07, 6.45) is 2.12. The summed E-state index contributed by atoms with van der Waals surface area (Å²) < 4.78 is 0. The number of benzene rings is 2. The minimum Gasteiger partial charge on any atom is -0.399 e. The van der Waals surface area contributed by atoms with E-state index in [1.807, 2.05) is 24.3 Å². The standard InChI is InChI=1S/C14H15N.ClH/c15-14-8-4-7-13(11-14)10-9-12-5-2-1-3-6-12;/h1-8,11H,9-10,15H2;1H. The number of nitrogens with two attached hydrogens (primary N) is 1. The highest BCUT2D eigenvalue weighted by molar-refractivity contribution is 5.85. The van der Waals surface area contributed by atoms with Crippen LogP contribution in [0.5, 0.6) is 0 Å². The highest BCUT2D eigenvalue weighted by Gasteiger charge is 1.95. The Bertz CT molecular complexity index is 426. The average Bonchev–Trinajstić information content (AvgIpc) is 2.28. The quantitative estimate of drug-likeness (QED) is 0.808. The fourth-order valence-corrected chi connectivity index (χ4v) is 1.68. The van der Waals surface area contributed by atoms with Crippen molar-refractivity contribution in [2.75, 3.05) is 5.73 Å². The van der Waals surface area contributed by atoms with Crippen LogP contribution < -0.4 is 5.73 Å². The first-order chi connectivity index (χ1) is 7.34. The normalized spacial score (nSPS) is 9.50. The third kappa shape index (κ3) is 3.59. The second-order valence-electron chi connectivity index (χ2n) is 3.73. The molecule has 84 valence electrons. The first-order valence-electron chi connectivity index (χ1n) is 5.23. The summed E-state index contributed by atoms with van der Waals surface area (Å²) in [6.45, 7) is 0. The Labute approximate surface area is 103 Å². The van der Waals surface area contributed by atoms with E-state index in [-0.39, 0.29) is 12.4 Å². The highest BCUT2D eigenvalue weighted by Crippen LogP contribution is 2.10. The van der Waals surface area contributed by atoms with Crippen molar-refractivity contribution in [1.82, 2.24) is 0 Å². The van der Waals surface area contributed by atoms with Crippen LogP contribution in [0, 0.1) is 0 Å². The topological polar surface area (TPSA) is 26.0 Å². The van der Waals surface area contributed by atoms with Crippen molar-refractivity contribution in [2.45, 2.75) is 12.8 Å². The monoisotopic (exact) mass is 233 g/mol. The molecule has 0 aliphatic carbocycles. The third-order valence-corrected chi connectivity index (χ3v) is 2.50. The lowest BCUT2D eigenvalue weighted by atomic mass is 10.0. The van der Waals surface area contributed by atoms with Crippen molar-refractivity contribution >= 4 is 18.1 Å². The van der Waals surface area contributed by atoms with Gasteiger partial charge in [-0.2, -0.15) is 0 Å². The summed E-state index contributed by atoms with van der Waals surface area (Å²) >= 11 is 0. The molecule has 1 nitrogen and oxygen atoms in total. The zero-order valence-electron chi connectivity index (χ0n) is 9.10. The maximum Gasteiger partial charge on any atom is 0.0316 e. The largest absolute Gasteiger partial charge is 0.399 e. The van der Waals surface area contributed by atoms with E-state index in [0.717, 1.165) is 18.5 Å². The lowest BCUT2D eigenvalue weighted by Gasteiger charge is -2.02. The van der Waals surface area contributed by atoms with Gasteiger partial charge in [0.25, 0.3) is 0 Å². The summed E-state index contributed by atoms with van der Waals surface area (Å²) in [4.78, 5) is 0. The Hall–Kier alpha value is -1.47. The van der Waals surface area contributed by atoms with Crippen molar-refractivity contribution in [3.8, 4) is 0 Å². The third-order valence-electron chi connectivity index (χ3n) is 2.50. The molecular weight excluding hydrogens is 218 g/mol. The molecule has 0 amide bonds. The summed E-state index contributed by atoms with van der Waals surface area (Å²) in [7, 11) is 0. The lowest BCUT2D eigenvalue weighted by Crippen LogP contribution is -1.92. The predicted molar refractivity (Wildman–Crippen MR) is 72.0 cm³/mol. The maximum atomic E-state index is 5.73. The Morgan fingerprint density at radius 3 is 2.06 bits per heavy atom. The molecule has 0 aliphatic rings. The van der Waals surface area contributed by atoms with Crippen LogP contribution in [0.1, 0.15) is 11.1 Å². The Balaban J connectivity index is 0.00000128. The molecule has 2 aromatic carbocycles. The second kappa shape index (κ2) is 6.19. The first-order valence-corrected chi connectivity index (χ1v) is 5.23. The molecule has 0 fully saturated rings. The van der Waals surface area contributed by atoms with Gasteiger partial charge in [-0.05, 0) is 36.1 Å². The van der Waals surface area contributed by atoms with E-state index in [4.69, 9.17) is 5.73 Å². The maximum absolute atomic E-state index is 5.73. The van der Waals surface area contributed by atoms with Gasteiger partial charge in [0.05, 0.1) is 0 Å². The van der Waals surface area contributed by atoms with Gasteiger partial charge >= 0.3 is 0 Å². The van der Waals surface area contributed by atoms with Gasteiger partial charge in [-0.15, -0.1) is 12.4 Å². The Morgan fingerprint density at radius 1 is 0.750 bits per heavy atom. The molecule has 0 radical (unpaired) electrons. The summed E-state index contributed by atoms with van der Waals surface area (Å²) in [5, 5.41) is 0. The predicted octanol–water partition coefficient (Wildman–Crippen LogP) is 3.48. The molecule has 0 aromatic heterocycles. The zero-order valence-corrected chi connectivity index (χ0v) is 9.91. The van der Waals surface area contributed by atoms with E-state index in [2.05, 4.69) is 30.3 Å². The Kier molecular flexibility index (Phi) is 4.87. The molecule has 0 saturated heterocycles. The number of anilines is 1. The van der Waals surface area contributed by atoms with Crippen LogP contribution in [0.4, 0.5) is 5.69 Å². The van der Waals surface area contributed by atoms with Gasteiger partial charge in [0.15, 0.2) is 0 Å². The van der Waals surface area contributed by atoms with Crippen LogP contribution in [-0.4, -0.2) is 0 Å². The summed E-state index contributed by atoms with van der Waals surface area (Å²) in [5.74, 6) is 0. The van der Waals surface area contributed by atoms with Crippen LogP contribution in [0.3, 0.4) is 0 Å². The number of halogens is 1. The van der Waals surface area contributed by atoms with Gasteiger partial charge in [0.2, 0.25) is 0 Å². The van der Waals surface area contributed by atoms with Crippen LogP contribution in [0.25, 0.3) is 0 Å². The molecule has 16 heavy (non-hydrogen) atoms. The SMILES string of the molecule is Cl.Nc1cccc(CCc2ccccc2)c1. The molecule has 0 aliphatic heterocycles. The van der Waals surface area contributed by atoms with Gasteiger partial charge in [-0.25, -0.2) is 0 Å².